The first kappa shape index (κ1) is 17.6. The van der Waals surface area contributed by atoms with Gasteiger partial charge in [0, 0.05) is 12.5 Å². The average molecular weight is 365 g/mol. The van der Waals surface area contributed by atoms with Gasteiger partial charge in [-0.05, 0) is 31.4 Å². The zero-order valence-corrected chi connectivity index (χ0v) is 14.7. The van der Waals surface area contributed by atoms with Crippen molar-refractivity contribution in [3.8, 4) is 0 Å². The van der Waals surface area contributed by atoms with Crippen molar-refractivity contribution in [1.82, 2.24) is 9.78 Å². The molecule has 1 aromatic carbocycles. The molecular formula is C17H20FN3O3S. The molecule has 6 nitrogen and oxygen atoms in total. The molecule has 25 heavy (non-hydrogen) atoms. The molecule has 134 valence electrons. The quantitative estimate of drug-likeness (QED) is 0.881. The SMILES string of the molecule is Cc1cc(NC(=O)CCc2ccccc2F)n(C2CCS(=O)(=O)C2)n1. The number of rotatable bonds is 5. The monoisotopic (exact) mass is 365 g/mol. The second kappa shape index (κ2) is 6.95. The van der Waals surface area contributed by atoms with Crippen molar-refractivity contribution in [2.75, 3.05) is 16.8 Å². The lowest BCUT2D eigenvalue weighted by atomic mass is 10.1. The number of hydrogen-bond donors (Lipinski definition) is 1. The smallest absolute Gasteiger partial charge is 0.225 e. The Morgan fingerprint density at radius 3 is 2.84 bits per heavy atom. The minimum atomic E-state index is -3.05. The third kappa shape index (κ3) is 4.25. The van der Waals surface area contributed by atoms with Crippen LogP contribution < -0.4 is 5.32 Å². The van der Waals surface area contributed by atoms with Crippen LogP contribution in [0.2, 0.25) is 0 Å². The van der Waals surface area contributed by atoms with Gasteiger partial charge >= 0.3 is 0 Å². The van der Waals surface area contributed by atoms with Gasteiger partial charge in [-0.1, -0.05) is 18.2 Å². The van der Waals surface area contributed by atoms with E-state index in [1.807, 2.05) is 0 Å². The highest BCUT2D eigenvalue weighted by molar-refractivity contribution is 7.91. The maximum atomic E-state index is 13.6. The van der Waals surface area contributed by atoms with E-state index in [0.29, 0.717) is 29.9 Å². The number of nitrogens with zero attached hydrogens (tertiary/aromatic N) is 2. The largest absolute Gasteiger partial charge is 0.311 e. The number of halogens is 1. The van der Waals surface area contributed by atoms with Gasteiger partial charge in [-0.2, -0.15) is 5.10 Å². The highest BCUT2D eigenvalue weighted by Gasteiger charge is 2.31. The number of carbonyl (C=O) groups is 1. The first-order valence-corrected chi connectivity index (χ1v) is 9.96. The van der Waals surface area contributed by atoms with E-state index in [1.165, 1.54) is 6.07 Å². The molecule has 3 rings (SSSR count). The molecule has 1 saturated heterocycles. The first-order chi connectivity index (χ1) is 11.8. The zero-order valence-electron chi connectivity index (χ0n) is 13.9. The van der Waals surface area contributed by atoms with Crippen LogP contribution in [0.1, 0.15) is 30.1 Å². The summed E-state index contributed by atoms with van der Waals surface area (Å²) in [5.74, 6) is 0.0689. The normalized spacial score (nSPS) is 19.0. The lowest BCUT2D eigenvalue weighted by molar-refractivity contribution is -0.116. The van der Waals surface area contributed by atoms with Crippen molar-refractivity contribution >= 4 is 21.6 Å². The van der Waals surface area contributed by atoms with Gasteiger partial charge in [-0.3, -0.25) is 4.79 Å². The van der Waals surface area contributed by atoms with Crippen molar-refractivity contribution in [2.45, 2.75) is 32.2 Å². The molecule has 1 amide bonds. The Hall–Kier alpha value is -2.22. The van der Waals surface area contributed by atoms with Crippen molar-refractivity contribution < 1.29 is 17.6 Å². The van der Waals surface area contributed by atoms with Crippen molar-refractivity contribution in [3.05, 3.63) is 47.4 Å². The van der Waals surface area contributed by atoms with Crippen LogP contribution in [0.15, 0.2) is 30.3 Å². The maximum Gasteiger partial charge on any atom is 0.225 e. The lowest BCUT2D eigenvalue weighted by Gasteiger charge is -2.13. The Morgan fingerprint density at radius 1 is 1.40 bits per heavy atom. The van der Waals surface area contributed by atoms with Crippen molar-refractivity contribution in [2.24, 2.45) is 0 Å². The van der Waals surface area contributed by atoms with E-state index in [1.54, 1.807) is 35.9 Å². The molecule has 2 heterocycles. The number of nitrogens with one attached hydrogen (secondary N) is 1. The summed E-state index contributed by atoms with van der Waals surface area (Å²) in [7, 11) is -3.05. The molecule has 0 aliphatic carbocycles. The second-order valence-electron chi connectivity index (χ2n) is 6.31. The number of anilines is 1. The number of sulfone groups is 1. The summed E-state index contributed by atoms with van der Waals surface area (Å²) >= 11 is 0. The van der Waals surface area contributed by atoms with E-state index in [2.05, 4.69) is 10.4 Å². The molecule has 0 spiro atoms. The van der Waals surface area contributed by atoms with Crippen LogP contribution in [-0.2, 0) is 21.1 Å². The fraction of sp³-hybridized carbons (Fsp3) is 0.412. The van der Waals surface area contributed by atoms with Gasteiger partial charge in [-0.25, -0.2) is 17.5 Å². The number of hydrogen-bond acceptors (Lipinski definition) is 4. The van der Waals surface area contributed by atoms with E-state index in [0.717, 1.165) is 0 Å². The van der Waals surface area contributed by atoms with Gasteiger partial charge < -0.3 is 5.32 Å². The molecule has 1 aliphatic heterocycles. The second-order valence-corrected chi connectivity index (χ2v) is 8.54. The molecule has 2 aromatic rings. The first-order valence-electron chi connectivity index (χ1n) is 8.14. The number of amides is 1. The fourth-order valence-corrected chi connectivity index (χ4v) is 4.70. The summed E-state index contributed by atoms with van der Waals surface area (Å²) in [4.78, 5) is 12.2. The van der Waals surface area contributed by atoms with E-state index >= 15 is 0 Å². The molecule has 1 unspecified atom stereocenters. The van der Waals surface area contributed by atoms with E-state index in [-0.39, 0.29) is 35.7 Å². The number of benzene rings is 1. The predicted octanol–water partition coefficient (Wildman–Crippen LogP) is 2.26. The Kier molecular flexibility index (Phi) is 4.89. The molecular weight excluding hydrogens is 345 g/mol. The van der Waals surface area contributed by atoms with E-state index < -0.39 is 9.84 Å². The lowest BCUT2D eigenvalue weighted by Crippen LogP contribution is -2.19. The van der Waals surface area contributed by atoms with Gasteiger partial charge in [0.1, 0.15) is 11.6 Å². The number of aryl methyl sites for hydroxylation is 2. The average Bonchev–Trinajstić information content (AvgIpc) is 3.08. The molecule has 0 radical (unpaired) electrons. The Labute approximate surface area is 146 Å². The Bertz CT molecular complexity index is 892. The summed E-state index contributed by atoms with van der Waals surface area (Å²) in [6, 6.07) is 7.81. The van der Waals surface area contributed by atoms with Crippen LogP contribution in [0.3, 0.4) is 0 Å². The van der Waals surface area contributed by atoms with Crippen molar-refractivity contribution in [1.29, 1.82) is 0 Å². The summed E-state index contributed by atoms with van der Waals surface area (Å²) < 4.78 is 38.6. The molecule has 1 aliphatic rings. The van der Waals surface area contributed by atoms with Crippen molar-refractivity contribution in [3.63, 3.8) is 0 Å². The van der Waals surface area contributed by atoms with Crippen LogP contribution in [0.5, 0.6) is 0 Å². The molecule has 0 bridgehead atoms. The summed E-state index contributed by atoms with van der Waals surface area (Å²) in [6.07, 6.45) is 0.916. The third-order valence-electron chi connectivity index (χ3n) is 4.26. The molecule has 1 fully saturated rings. The van der Waals surface area contributed by atoms with Gasteiger partial charge in [0.15, 0.2) is 9.84 Å². The standard InChI is InChI=1S/C17H20FN3O3S/c1-12-10-16(21(20-12)14-8-9-25(23,24)11-14)19-17(22)7-6-13-4-2-3-5-15(13)18/h2-5,10,14H,6-9,11H2,1H3,(H,19,22). The third-order valence-corrected chi connectivity index (χ3v) is 6.01. The zero-order chi connectivity index (χ0) is 18.0. The Morgan fingerprint density at radius 2 is 2.16 bits per heavy atom. The molecule has 1 N–H and O–H groups in total. The van der Waals surface area contributed by atoms with E-state index in [9.17, 15) is 17.6 Å². The minimum Gasteiger partial charge on any atom is -0.311 e. The van der Waals surface area contributed by atoms with Gasteiger partial charge in [0.05, 0.1) is 23.2 Å². The van der Waals surface area contributed by atoms with Gasteiger partial charge in [0.25, 0.3) is 0 Å². The van der Waals surface area contributed by atoms with Crippen LogP contribution in [0.25, 0.3) is 0 Å². The summed E-state index contributed by atoms with van der Waals surface area (Å²) in [5, 5.41) is 7.09. The topological polar surface area (TPSA) is 81.1 Å². The molecule has 1 aromatic heterocycles. The Balaban J connectivity index is 1.67. The number of carbonyl (C=O) groups excluding carboxylic acids is 1. The van der Waals surface area contributed by atoms with Crippen LogP contribution in [0.4, 0.5) is 10.2 Å². The van der Waals surface area contributed by atoms with Crippen LogP contribution in [0, 0.1) is 12.7 Å². The maximum absolute atomic E-state index is 13.6. The molecule has 0 saturated carbocycles. The highest BCUT2D eigenvalue weighted by Crippen LogP contribution is 2.27. The minimum absolute atomic E-state index is 0.0339. The van der Waals surface area contributed by atoms with E-state index in [4.69, 9.17) is 0 Å². The van der Waals surface area contributed by atoms with Gasteiger partial charge in [0.2, 0.25) is 5.91 Å². The fourth-order valence-electron chi connectivity index (χ4n) is 3.01. The molecule has 8 heteroatoms. The van der Waals surface area contributed by atoms with Crippen LogP contribution in [-0.4, -0.2) is 35.6 Å². The molecule has 1 atom stereocenters. The summed E-state index contributed by atoms with van der Waals surface area (Å²) in [6.45, 7) is 1.79. The van der Waals surface area contributed by atoms with Gasteiger partial charge in [-0.15, -0.1) is 0 Å². The predicted molar refractivity (Wildman–Crippen MR) is 92.6 cm³/mol. The van der Waals surface area contributed by atoms with Crippen LogP contribution >= 0.6 is 0 Å². The number of aromatic nitrogens is 2. The summed E-state index contributed by atoms with van der Waals surface area (Å²) in [5.41, 5.74) is 1.19. The highest BCUT2D eigenvalue weighted by atomic mass is 32.2.